The molecule has 3 aliphatic rings. The van der Waals surface area contributed by atoms with Crippen LogP contribution >= 0.6 is 0 Å². The van der Waals surface area contributed by atoms with Crippen LogP contribution in [0.15, 0.2) is 0 Å². The Labute approximate surface area is 111 Å². The third-order valence-electron chi connectivity index (χ3n) is 3.82. The Kier molecular flexibility index (Phi) is 14.1. The fourth-order valence-corrected chi connectivity index (χ4v) is 0.750. The molecule has 0 bridgehead atoms. The van der Waals surface area contributed by atoms with Crippen LogP contribution in [0.4, 0.5) is 0 Å². The zero-order valence-electron chi connectivity index (χ0n) is 12.8. The Morgan fingerprint density at radius 3 is 0.647 bits per heavy atom. The Hall–Kier alpha value is 0. The summed E-state index contributed by atoms with van der Waals surface area (Å²) in [5.41, 5.74) is 0. The van der Waals surface area contributed by atoms with Gasteiger partial charge in [0.05, 0.1) is 0 Å². The van der Waals surface area contributed by atoms with Crippen LogP contribution in [0.2, 0.25) is 0 Å². The molecule has 3 aliphatic carbocycles. The summed E-state index contributed by atoms with van der Waals surface area (Å²) in [5.74, 6) is 0.884. The molecule has 0 saturated heterocycles. The summed E-state index contributed by atoms with van der Waals surface area (Å²) in [6.07, 6.45) is 19.3. The number of rotatable bonds is 1. The molecule has 104 valence electrons. The average molecular weight is 240 g/mol. The van der Waals surface area contributed by atoms with Crippen molar-refractivity contribution in [2.75, 3.05) is 0 Å². The minimum atomic E-state index is 0.884. The first-order valence-corrected chi connectivity index (χ1v) is 8.27. The lowest BCUT2D eigenvalue weighted by molar-refractivity contribution is 0.504. The Bertz CT molecular complexity index is 83.0. The molecule has 0 heterocycles. The van der Waals surface area contributed by atoms with Gasteiger partial charge in [-0.25, -0.2) is 0 Å². The van der Waals surface area contributed by atoms with Crippen LogP contribution < -0.4 is 0 Å². The van der Waals surface area contributed by atoms with Gasteiger partial charge < -0.3 is 0 Å². The first-order chi connectivity index (χ1) is 8.27. The third-order valence-corrected chi connectivity index (χ3v) is 3.82. The SMILES string of the molecule is C1CCC1.C1CCC1.C1CCC1.CCC(C)C. The van der Waals surface area contributed by atoms with Crippen molar-refractivity contribution in [1.29, 1.82) is 0 Å². The van der Waals surface area contributed by atoms with Gasteiger partial charge in [0.1, 0.15) is 0 Å². The van der Waals surface area contributed by atoms with Gasteiger partial charge >= 0.3 is 0 Å². The molecule has 0 N–H and O–H groups in total. The van der Waals surface area contributed by atoms with Crippen molar-refractivity contribution < 1.29 is 0 Å². The fraction of sp³-hybridized carbons (Fsp3) is 1.00. The van der Waals surface area contributed by atoms with E-state index >= 15 is 0 Å². The van der Waals surface area contributed by atoms with Gasteiger partial charge in [0.15, 0.2) is 0 Å². The predicted octanol–water partition coefficient (Wildman–Crippen LogP) is 6.73. The highest BCUT2D eigenvalue weighted by molar-refractivity contribution is 4.51. The average Bonchev–Trinajstić information content (AvgIpc) is 1.93. The summed E-state index contributed by atoms with van der Waals surface area (Å²) >= 11 is 0. The Balaban J connectivity index is 0.000000201. The molecule has 0 aromatic rings. The molecule has 0 aliphatic heterocycles. The molecule has 3 rings (SSSR count). The molecule has 0 nitrogen and oxygen atoms in total. The van der Waals surface area contributed by atoms with Crippen LogP contribution in [0.1, 0.15) is 104 Å². The highest BCUT2D eigenvalue weighted by Crippen LogP contribution is 2.15. The van der Waals surface area contributed by atoms with E-state index in [-0.39, 0.29) is 0 Å². The van der Waals surface area contributed by atoms with Crippen molar-refractivity contribution in [3.8, 4) is 0 Å². The Morgan fingerprint density at radius 1 is 0.529 bits per heavy atom. The number of hydrogen-bond donors (Lipinski definition) is 0. The molecular formula is C17H36. The summed E-state index contributed by atoms with van der Waals surface area (Å²) in [5, 5.41) is 0. The second-order valence-electron chi connectivity index (χ2n) is 6.04. The van der Waals surface area contributed by atoms with E-state index in [0.29, 0.717) is 0 Å². The van der Waals surface area contributed by atoms with E-state index in [1.807, 2.05) is 0 Å². The molecule has 0 amide bonds. The highest BCUT2D eigenvalue weighted by Gasteiger charge is 1.96. The zero-order chi connectivity index (χ0) is 12.8. The summed E-state index contributed by atoms with van der Waals surface area (Å²) in [7, 11) is 0. The first-order valence-electron chi connectivity index (χ1n) is 8.27. The maximum atomic E-state index is 2.22. The van der Waals surface area contributed by atoms with Crippen molar-refractivity contribution in [3.05, 3.63) is 0 Å². The van der Waals surface area contributed by atoms with E-state index in [4.69, 9.17) is 0 Å². The third kappa shape index (κ3) is 16.0. The van der Waals surface area contributed by atoms with Crippen molar-refractivity contribution in [2.45, 2.75) is 104 Å². The normalized spacial score (nSPS) is 19.8. The first kappa shape index (κ1) is 17.0. The van der Waals surface area contributed by atoms with E-state index in [0.717, 1.165) is 5.92 Å². The standard InChI is InChI=1S/C5H12.3C4H8/c1-4-5(2)3;3*1-2-4-3-1/h5H,4H2,1-3H3;3*1-4H2. The minimum Gasteiger partial charge on any atom is -0.0651 e. The van der Waals surface area contributed by atoms with E-state index < -0.39 is 0 Å². The molecule has 0 aromatic carbocycles. The van der Waals surface area contributed by atoms with Gasteiger partial charge in [0.25, 0.3) is 0 Å². The molecule has 0 radical (unpaired) electrons. The predicted molar refractivity (Wildman–Crippen MR) is 80.5 cm³/mol. The molecule has 17 heavy (non-hydrogen) atoms. The lowest BCUT2D eigenvalue weighted by atomic mass is 10.0. The molecule has 0 atom stereocenters. The second-order valence-corrected chi connectivity index (χ2v) is 6.04. The topological polar surface area (TPSA) is 0 Å². The van der Waals surface area contributed by atoms with Gasteiger partial charge in [-0.1, -0.05) is 104 Å². The Morgan fingerprint density at radius 2 is 0.647 bits per heavy atom. The van der Waals surface area contributed by atoms with E-state index in [9.17, 15) is 0 Å². The van der Waals surface area contributed by atoms with Gasteiger partial charge in [-0.3, -0.25) is 0 Å². The lowest BCUT2D eigenvalue weighted by Crippen LogP contribution is -1.85. The smallest absolute Gasteiger partial charge is 0.0474 e. The van der Waals surface area contributed by atoms with E-state index in [1.54, 1.807) is 0 Å². The molecule has 0 unspecified atom stereocenters. The van der Waals surface area contributed by atoms with Gasteiger partial charge in [-0.2, -0.15) is 0 Å². The zero-order valence-corrected chi connectivity index (χ0v) is 12.8. The monoisotopic (exact) mass is 240 g/mol. The quantitative estimate of drug-likeness (QED) is 0.476. The van der Waals surface area contributed by atoms with E-state index in [2.05, 4.69) is 20.8 Å². The maximum absolute atomic E-state index is 2.22. The largest absolute Gasteiger partial charge is 0.0651 e. The summed E-state index contributed by atoms with van der Waals surface area (Å²) in [6, 6.07) is 0. The number of hydrogen-bond acceptors (Lipinski definition) is 0. The summed E-state index contributed by atoms with van der Waals surface area (Å²) < 4.78 is 0. The van der Waals surface area contributed by atoms with Crippen LogP contribution in [0, 0.1) is 5.92 Å². The maximum Gasteiger partial charge on any atom is -0.0474 e. The molecule has 0 spiro atoms. The van der Waals surface area contributed by atoms with E-state index in [1.165, 1.54) is 83.5 Å². The van der Waals surface area contributed by atoms with Gasteiger partial charge in [0, 0.05) is 0 Å². The van der Waals surface area contributed by atoms with Crippen LogP contribution in [-0.4, -0.2) is 0 Å². The van der Waals surface area contributed by atoms with Crippen LogP contribution in [0.25, 0.3) is 0 Å². The molecule has 0 heteroatoms. The van der Waals surface area contributed by atoms with Gasteiger partial charge in [-0.15, -0.1) is 0 Å². The van der Waals surface area contributed by atoms with Crippen molar-refractivity contribution in [1.82, 2.24) is 0 Å². The minimum absolute atomic E-state index is 0.884. The van der Waals surface area contributed by atoms with Crippen molar-refractivity contribution in [3.63, 3.8) is 0 Å². The molecule has 3 fully saturated rings. The molecule has 0 aromatic heterocycles. The van der Waals surface area contributed by atoms with Crippen molar-refractivity contribution >= 4 is 0 Å². The summed E-state index contributed by atoms with van der Waals surface area (Å²) in [4.78, 5) is 0. The van der Waals surface area contributed by atoms with Crippen LogP contribution in [0.3, 0.4) is 0 Å². The van der Waals surface area contributed by atoms with Gasteiger partial charge in [-0.05, 0) is 5.92 Å². The molecular weight excluding hydrogens is 204 g/mol. The van der Waals surface area contributed by atoms with Crippen LogP contribution in [0.5, 0.6) is 0 Å². The lowest BCUT2D eigenvalue weighted by Gasteiger charge is -2.05. The fourth-order valence-electron chi connectivity index (χ4n) is 0.750. The van der Waals surface area contributed by atoms with Crippen LogP contribution in [-0.2, 0) is 0 Å². The second kappa shape index (κ2) is 14.1. The summed E-state index contributed by atoms with van der Waals surface area (Å²) in [6.45, 7) is 6.64. The molecule has 3 saturated carbocycles. The van der Waals surface area contributed by atoms with Crippen molar-refractivity contribution in [2.24, 2.45) is 5.92 Å². The van der Waals surface area contributed by atoms with Gasteiger partial charge in [0.2, 0.25) is 0 Å². The highest BCUT2D eigenvalue weighted by atomic mass is 14.0.